The largest absolute Gasteiger partial charge is 0.374 e. The molecule has 0 amide bonds. The van der Waals surface area contributed by atoms with Crippen LogP contribution in [0.1, 0.15) is 20.3 Å². The first-order chi connectivity index (χ1) is 7.24. The monoisotopic (exact) mass is 212 g/mol. The molecule has 3 nitrogen and oxygen atoms in total. The molecule has 0 aromatic carbocycles. The van der Waals surface area contributed by atoms with Crippen molar-refractivity contribution in [1.29, 1.82) is 0 Å². The Morgan fingerprint density at radius 1 is 1.20 bits per heavy atom. The molecule has 3 heteroatoms. The van der Waals surface area contributed by atoms with Crippen LogP contribution in [0.2, 0.25) is 0 Å². The molecule has 15 heavy (non-hydrogen) atoms. The van der Waals surface area contributed by atoms with E-state index < -0.39 is 0 Å². The highest BCUT2D eigenvalue weighted by atomic mass is 16.5. The van der Waals surface area contributed by atoms with Crippen molar-refractivity contribution in [2.75, 3.05) is 39.3 Å². The van der Waals surface area contributed by atoms with Crippen LogP contribution in [0, 0.1) is 11.8 Å². The van der Waals surface area contributed by atoms with Crippen LogP contribution in [0.25, 0.3) is 0 Å². The van der Waals surface area contributed by atoms with Crippen molar-refractivity contribution in [3.8, 4) is 0 Å². The molecule has 2 fully saturated rings. The fourth-order valence-corrected chi connectivity index (χ4v) is 2.70. The summed E-state index contributed by atoms with van der Waals surface area (Å²) in [7, 11) is 0. The van der Waals surface area contributed by atoms with Crippen molar-refractivity contribution >= 4 is 0 Å². The maximum atomic E-state index is 5.75. The number of piperidine rings is 1. The number of rotatable bonds is 4. The first-order valence-electron chi connectivity index (χ1n) is 6.28. The molecule has 0 aromatic heterocycles. The average Bonchev–Trinajstić information content (AvgIpc) is 2.07. The minimum atomic E-state index is 0.490. The second kappa shape index (κ2) is 5.28. The van der Waals surface area contributed by atoms with Crippen molar-refractivity contribution in [3.63, 3.8) is 0 Å². The summed E-state index contributed by atoms with van der Waals surface area (Å²) in [6.07, 6.45) is 1.88. The molecule has 2 aliphatic heterocycles. The Kier molecular flexibility index (Phi) is 4.00. The highest BCUT2D eigenvalue weighted by molar-refractivity contribution is 4.77. The van der Waals surface area contributed by atoms with Crippen molar-refractivity contribution in [2.45, 2.75) is 26.4 Å². The van der Waals surface area contributed by atoms with Gasteiger partial charge in [-0.2, -0.15) is 0 Å². The lowest BCUT2D eigenvalue weighted by Crippen LogP contribution is -2.49. The minimum absolute atomic E-state index is 0.490. The summed E-state index contributed by atoms with van der Waals surface area (Å²) in [6, 6.07) is 0. The van der Waals surface area contributed by atoms with Gasteiger partial charge in [-0.3, -0.25) is 0 Å². The van der Waals surface area contributed by atoms with Gasteiger partial charge in [0.1, 0.15) is 0 Å². The molecule has 88 valence electrons. The van der Waals surface area contributed by atoms with E-state index >= 15 is 0 Å². The molecule has 0 aromatic rings. The summed E-state index contributed by atoms with van der Waals surface area (Å²) in [5.74, 6) is 1.72. The van der Waals surface area contributed by atoms with Gasteiger partial charge in [-0.25, -0.2) is 0 Å². The van der Waals surface area contributed by atoms with Gasteiger partial charge in [-0.1, -0.05) is 13.8 Å². The quantitative estimate of drug-likeness (QED) is 0.751. The van der Waals surface area contributed by atoms with E-state index in [1.54, 1.807) is 0 Å². The fourth-order valence-electron chi connectivity index (χ4n) is 2.70. The van der Waals surface area contributed by atoms with Gasteiger partial charge >= 0.3 is 0 Å². The molecule has 0 spiro atoms. The molecule has 2 saturated heterocycles. The molecule has 2 heterocycles. The molecule has 1 N–H and O–H groups in total. The lowest BCUT2D eigenvalue weighted by atomic mass is 9.92. The second-order valence-electron chi connectivity index (χ2n) is 5.36. The first kappa shape index (κ1) is 11.4. The summed E-state index contributed by atoms with van der Waals surface area (Å²) in [5, 5.41) is 3.23. The Morgan fingerprint density at radius 2 is 1.87 bits per heavy atom. The third-order valence-corrected chi connectivity index (χ3v) is 3.45. The van der Waals surface area contributed by atoms with E-state index in [1.165, 1.54) is 19.5 Å². The molecule has 0 bridgehead atoms. The van der Waals surface area contributed by atoms with E-state index in [9.17, 15) is 0 Å². The molecular formula is C12H24N2O. The number of hydrogen-bond acceptors (Lipinski definition) is 3. The van der Waals surface area contributed by atoms with E-state index in [4.69, 9.17) is 4.74 Å². The molecular weight excluding hydrogens is 188 g/mol. The van der Waals surface area contributed by atoms with Crippen LogP contribution >= 0.6 is 0 Å². The van der Waals surface area contributed by atoms with Crippen LogP contribution in [0.4, 0.5) is 0 Å². The standard InChI is InChI=1S/C12H24N2O/c1-10-5-11(2)9-14(8-10)3-4-15-12-6-13-7-12/h10-13H,3-9H2,1-2H3. The molecule has 2 rings (SSSR count). The van der Waals surface area contributed by atoms with Crippen molar-refractivity contribution in [1.82, 2.24) is 10.2 Å². The predicted octanol–water partition coefficient (Wildman–Crippen LogP) is 0.953. The Labute approximate surface area is 93.2 Å². The number of nitrogens with one attached hydrogen (secondary N) is 1. The zero-order chi connectivity index (χ0) is 10.7. The molecule has 2 aliphatic rings. The third kappa shape index (κ3) is 3.44. The van der Waals surface area contributed by atoms with Crippen LogP contribution in [-0.2, 0) is 4.74 Å². The Bertz CT molecular complexity index is 184. The number of likely N-dealkylation sites (tertiary alicyclic amines) is 1. The van der Waals surface area contributed by atoms with Crippen molar-refractivity contribution < 1.29 is 4.74 Å². The lowest BCUT2D eigenvalue weighted by molar-refractivity contribution is 0.0000257. The second-order valence-corrected chi connectivity index (χ2v) is 5.36. The van der Waals surface area contributed by atoms with Gasteiger partial charge in [0.15, 0.2) is 0 Å². The number of hydrogen-bond donors (Lipinski definition) is 1. The summed E-state index contributed by atoms with van der Waals surface area (Å²) in [4.78, 5) is 2.56. The molecule has 0 saturated carbocycles. The van der Waals surface area contributed by atoms with Crippen molar-refractivity contribution in [2.24, 2.45) is 11.8 Å². The molecule has 0 aliphatic carbocycles. The number of nitrogens with zero attached hydrogens (tertiary/aromatic N) is 1. The fraction of sp³-hybridized carbons (Fsp3) is 1.00. The Balaban J connectivity index is 1.60. The van der Waals surface area contributed by atoms with Crippen LogP contribution in [0.15, 0.2) is 0 Å². The van der Waals surface area contributed by atoms with Gasteiger partial charge in [-0.15, -0.1) is 0 Å². The highest BCUT2D eigenvalue weighted by Crippen LogP contribution is 2.20. The topological polar surface area (TPSA) is 24.5 Å². The molecule has 2 unspecified atom stereocenters. The first-order valence-corrected chi connectivity index (χ1v) is 6.28. The van der Waals surface area contributed by atoms with Crippen molar-refractivity contribution in [3.05, 3.63) is 0 Å². The lowest BCUT2D eigenvalue weighted by Gasteiger charge is -2.35. The summed E-state index contributed by atoms with van der Waals surface area (Å²) in [6.45, 7) is 11.4. The van der Waals surface area contributed by atoms with Gasteiger partial charge in [0.25, 0.3) is 0 Å². The van der Waals surface area contributed by atoms with Gasteiger partial charge in [-0.05, 0) is 18.3 Å². The maximum absolute atomic E-state index is 5.75. The third-order valence-electron chi connectivity index (χ3n) is 3.45. The molecule has 0 radical (unpaired) electrons. The van der Waals surface area contributed by atoms with E-state index in [0.29, 0.717) is 6.10 Å². The van der Waals surface area contributed by atoms with Gasteiger partial charge in [0, 0.05) is 32.7 Å². The van der Waals surface area contributed by atoms with Crippen LogP contribution in [-0.4, -0.2) is 50.3 Å². The highest BCUT2D eigenvalue weighted by Gasteiger charge is 2.22. The smallest absolute Gasteiger partial charge is 0.0824 e. The average molecular weight is 212 g/mol. The van der Waals surface area contributed by atoms with Crippen LogP contribution < -0.4 is 5.32 Å². The van der Waals surface area contributed by atoms with E-state index in [1.807, 2.05) is 0 Å². The number of ether oxygens (including phenoxy) is 1. The van der Waals surface area contributed by atoms with E-state index in [2.05, 4.69) is 24.1 Å². The summed E-state index contributed by atoms with van der Waals surface area (Å²) < 4.78 is 5.75. The minimum Gasteiger partial charge on any atom is -0.374 e. The van der Waals surface area contributed by atoms with Gasteiger partial charge < -0.3 is 15.0 Å². The van der Waals surface area contributed by atoms with Gasteiger partial charge in [0.05, 0.1) is 12.7 Å². The maximum Gasteiger partial charge on any atom is 0.0824 e. The van der Waals surface area contributed by atoms with Crippen LogP contribution in [0.5, 0.6) is 0 Å². The Morgan fingerprint density at radius 3 is 2.40 bits per heavy atom. The SMILES string of the molecule is CC1CC(C)CN(CCOC2CNC2)C1. The Hall–Kier alpha value is -0.120. The predicted molar refractivity (Wildman–Crippen MR) is 62.0 cm³/mol. The normalized spacial score (nSPS) is 34.0. The zero-order valence-electron chi connectivity index (χ0n) is 10.0. The van der Waals surface area contributed by atoms with Gasteiger partial charge in [0.2, 0.25) is 0 Å². The summed E-state index contributed by atoms with van der Waals surface area (Å²) >= 11 is 0. The van der Waals surface area contributed by atoms with Crippen LogP contribution in [0.3, 0.4) is 0 Å². The van der Waals surface area contributed by atoms with E-state index in [0.717, 1.165) is 38.1 Å². The zero-order valence-corrected chi connectivity index (χ0v) is 10.0. The molecule has 2 atom stereocenters. The summed E-state index contributed by atoms with van der Waals surface area (Å²) in [5.41, 5.74) is 0. The van der Waals surface area contributed by atoms with E-state index in [-0.39, 0.29) is 0 Å².